The maximum atomic E-state index is 13.6. The fraction of sp³-hybridized carbons (Fsp3) is 0.333. The van der Waals surface area contributed by atoms with E-state index in [1.165, 1.54) is 12.3 Å². The molecule has 9 heteroatoms. The summed E-state index contributed by atoms with van der Waals surface area (Å²) in [6.45, 7) is 2.90. The number of piperazine rings is 1. The van der Waals surface area contributed by atoms with E-state index in [1.54, 1.807) is 17.0 Å². The molecule has 3 aromatic rings. The van der Waals surface area contributed by atoms with Crippen molar-refractivity contribution in [3.05, 3.63) is 89.4 Å². The largest absolute Gasteiger partial charge is 0.459 e. The third kappa shape index (κ3) is 4.57. The number of furan rings is 1. The molecule has 2 aliphatic heterocycles. The number of carbonyl (C=O) groups excluding carboxylic acids is 2. The Morgan fingerprint density at radius 3 is 2.53 bits per heavy atom. The quantitative estimate of drug-likeness (QED) is 0.569. The van der Waals surface area contributed by atoms with Gasteiger partial charge in [0.1, 0.15) is 0 Å². The van der Waals surface area contributed by atoms with Gasteiger partial charge in [0.15, 0.2) is 5.76 Å². The van der Waals surface area contributed by atoms with E-state index >= 15 is 0 Å². The standard InChI is InChI=1S/C27H26F3N3O3/c1-17(18-6-3-2-4-7-18)31-25(34)21-15-19-14-20(27(28,29)30)9-10-22(19)33-12-11-32(16-23(21)33)26(35)24-8-5-13-36-24/h2-10,13-14,17,21,23H,11-12,15-16H2,1H3,(H,31,34)/t17-,21+,23-/m0/s1. The molecule has 0 unspecified atom stereocenters. The van der Waals surface area contributed by atoms with Crippen molar-refractivity contribution < 1.29 is 27.2 Å². The Bertz CT molecular complexity index is 1240. The van der Waals surface area contributed by atoms with Crippen molar-refractivity contribution in [2.75, 3.05) is 24.5 Å². The molecule has 2 aliphatic rings. The van der Waals surface area contributed by atoms with Crippen LogP contribution in [-0.2, 0) is 17.4 Å². The van der Waals surface area contributed by atoms with Gasteiger partial charge >= 0.3 is 6.18 Å². The molecule has 0 bridgehead atoms. The molecule has 0 spiro atoms. The van der Waals surface area contributed by atoms with Crippen LogP contribution in [0.2, 0.25) is 0 Å². The van der Waals surface area contributed by atoms with Crippen LogP contribution in [0.4, 0.5) is 18.9 Å². The maximum absolute atomic E-state index is 13.6. The van der Waals surface area contributed by atoms with E-state index in [0.717, 1.165) is 17.7 Å². The molecule has 1 saturated heterocycles. The number of hydrogen-bond acceptors (Lipinski definition) is 4. The lowest BCUT2D eigenvalue weighted by molar-refractivity contribution is -0.137. The number of fused-ring (bicyclic) bond motifs is 3. The van der Waals surface area contributed by atoms with Crippen LogP contribution in [0.5, 0.6) is 0 Å². The van der Waals surface area contributed by atoms with Gasteiger partial charge in [-0.2, -0.15) is 13.2 Å². The summed E-state index contributed by atoms with van der Waals surface area (Å²) in [6, 6.07) is 15.7. The Labute approximate surface area is 206 Å². The summed E-state index contributed by atoms with van der Waals surface area (Å²) in [5.41, 5.74) is 1.36. The first-order chi connectivity index (χ1) is 17.2. The number of amides is 2. The van der Waals surface area contributed by atoms with Crippen LogP contribution in [0.15, 0.2) is 71.3 Å². The predicted molar refractivity (Wildman–Crippen MR) is 127 cm³/mol. The SMILES string of the molecule is C[C@H](NC(=O)[C@@H]1Cc2cc(C(F)(F)F)ccc2N2CCN(C(=O)c3ccco3)C[C@@H]12)c1ccccc1. The van der Waals surface area contributed by atoms with Crippen LogP contribution in [0.1, 0.15) is 40.2 Å². The highest BCUT2D eigenvalue weighted by Crippen LogP contribution is 2.40. The minimum absolute atomic E-state index is 0.149. The van der Waals surface area contributed by atoms with Gasteiger partial charge in [0, 0.05) is 25.3 Å². The second-order valence-corrected chi connectivity index (χ2v) is 9.28. The van der Waals surface area contributed by atoms with Gasteiger partial charge in [-0.25, -0.2) is 0 Å². The van der Waals surface area contributed by atoms with Gasteiger partial charge in [-0.3, -0.25) is 9.59 Å². The number of anilines is 1. The Balaban J connectivity index is 1.45. The second kappa shape index (κ2) is 9.37. The van der Waals surface area contributed by atoms with Crippen molar-refractivity contribution in [2.45, 2.75) is 31.6 Å². The molecule has 36 heavy (non-hydrogen) atoms. The van der Waals surface area contributed by atoms with Crippen LogP contribution < -0.4 is 10.2 Å². The number of alkyl halides is 3. The zero-order valence-corrected chi connectivity index (χ0v) is 19.7. The van der Waals surface area contributed by atoms with Gasteiger partial charge < -0.3 is 19.5 Å². The van der Waals surface area contributed by atoms with Gasteiger partial charge in [0.2, 0.25) is 5.91 Å². The van der Waals surface area contributed by atoms with E-state index in [9.17, 15) is 22.8 Å². The average molecular weight is 498 g/mol. The number of nitrogens with one attached hydrogen (secondary N) is 1. The summed E-state index contributed by atoms with van der Waals surface area (Å²) in [6.07, 6.45) is -2.89. The predicted octanol–water partition coefficient (Wildman–Crippen LogP) is 4.68. The highest BCUT2D eigenvalue weighted by Gasteiger charge is 2.44. The summed E-state index contributed by atoms with van der Waals surface area (Å²) in [4.78, 5) is 30.1. The number of hydrogen-bond donors (Lipinski definition) is 1. The van der Waals surface area contributed by atoms with Gasteiger partial charge in [-0.1, -0.05) is 30.3 Å². The first-order valence-corrected chi connectivity index (χ1v) is 11.9. The summed E-state index contributed by atoms with van der Waals surface area (Å²) in [5.74, 6) is -0.945. The van der Waals surface area contributed by atoms with Gasteiger partial charge in [0.25, 0.3) is 5.91 Å². The van der Waals surface area contributed by atoms with Crippen molar-refractivity contribution in [2.24, 2.45) is 5.92 Å². The van der Waals surface area contributed by atoms with Gasteiger partial charge in [0.05, 0.1) is 29.8 Å². The number of benzene rings is 2. The monoisotopic (exact) mass is 497 g/mol. The molecule has 0 aliphatic carbocycles. The third-order valence-electron chi connectivity index (χ3n) is 7.05. The first kappa shape index (κ1) is 24.0. The van der Waals surface area contributed by atoms with Crippen molar-refractivity contribution in [3.63, 3.8) is 0 Å². The number of rotatable bonds is 4. The lowest BCUT2D eigenvalue weighted by Crippen LogP contribution is -2.62. The molecule has 3 atom stereocenters. The molecule has 0 saturated carbocycles. The number of nitrogens with zero attached hydrogens (tertiary/aromatic N) is 2. The minimum atomic E-state index is -4.47. The summed E-state index contributed by atoms with van der Waals surface area (Å²) >= 11 is 0. The molecular formula is C27H26F3N3O3. The molecule has 0 radical (unpaired) electrons. The highest BCUT2D eigenvalue weighted by molar-refractivity contribution is 5.92. The Hall–Kier alpha value is -3.75. The lowest BCUT2D eigenvalue weighted by Gasteiger charge is -2.49. The van der Waals surface area contributed by atoms with Crippen molar-refractivity contribution in [3.8, 4) is 0 Å². The second-order valence-electron chi connectivity index (χ2n) is 9.28. The molecular weight excluding hydrogens is 471 g/mol. The minimum Gasteiger partial charge on any atom is -0.459 e. The van der Waals surface area contributed by atoms with E-state index in [4.69, 9.17) is 4.42 Å². The normalized spacial score (nSPS) is 20.3. The summed E-state index contributed by atoms with van der Waals surface area (Å²) in [5, 5.41) is 3.04. The Kier molecular flexibility index (Phi) is 6.24. The highest BCUT2D eigenvalue weighted by atomic mass is 19.4. The number of carbonyl (C=O) groups is 2. The van der Waals surface area contributed by atoms with E-state index in [1.807, 2.05) is 42.2 Å². The van der Waals surface area contributed by atoms with E-state index in [-0.39, 0.29) is 42.6 Å². The molecule has 1 fully saturated rings. The molecule has 6 nitrogen and oxygen atoms in total. The Morgan fingerprint density at radius 1 is 1.06 bits per heavy atom. The van der Waals surface area contributed by atoms with Crippen LogP contribution in [-0.4, -0.2) is 42.4 Å². The summed E-state index contributed by atoms with van der Waals surface area (Å²) < 4.78 is 45.6. The molecule has 2 aromatic carbocycles. The van der Waals surface area contributed by atoms with E-state index in [2.05, 4.69) is 5.32 Å². The molecule has 188 valence electrons. The first-order valence-electron chi connectivity index (χ1n) is 11.9. The fourth-order valence-electron chi connectivity index (χ4n) is 5.19. The van der Waals surface area contributed by atoms with E-state index < -0.39 is 17.7 Å². The van der Waals surface area contributed by atoms with Gasteiger partial charge in [-0.05, 0) is 54.8 Å². The smallest absolute Gasteiger partial charge is 0.416 e. The average Bonchev–Trinajstić information content (AvgIpc) is 3.42. The van der Waals surface area contributed by atoms with Crippen LogP contribution >= 0.6 is 0 Å². The molecule has 2 amide bonds. The molecule has 1 aromatic heterocycles. The van der Waals surface area contributed by atoms with Crippen LogP contribution in [0.3, 0.4) is 0 Å². The maximum Gasteiger partial charge on any atom is 0.416 e. The zero-order chi connectivity index (χ0) is 25.4. The lowest BCUT2D eigenvalue weighted by atomic mass is 9.82. The van der Waals surface area contributed by atoms with Crippen LogP contribution in [0.25, 0.3) is 0 Å². The Morgan fingerprint density at radius 2 is 1.83 bits per heavy atom. The topological polar surface area (TPSA) is 65.8 Å². The van der Waals surface area contributed by atoms with Gasteiger partial charge in [-0.15, -0.1) is 0 Å². The molecule has 3 heterocycles. The zero-order valence-electron chi connectivity index (χ0n) is 19.7. The van der Waals surface area contributed by atoms with Crippen LogP contribution in [0, 0.1) is 5.92 Å². The number of halogens is 3. The van der Waals surface area contributed by atoms with Crippen molar-refractivity contribution in [1.82, 2.24) is 10.2 Å². The molecule has 1 N–H and O–H groups in total. The van der Waals surface area contributed by atoms with Crippen molar-refractivity contribution in [1.29, 1.82) is 0 Å². The van der Waals surface area contributed by atoms with E-state index in [0.29, 0.717) is 24.3 Å². The third-order valence-corrected chi connectivity index (χ3v) is 7.05. The van der Waals surface area contributed by atoms with Crippen molar-refractivity contribution >= 4 is 17.5 Å². The molecule has 5 rings (SSSR count). The fourth-order valence-corrected chi connectivity index (χ4v) is 5.19. The summed E-state index contributed by atoms with van der Waals surface area (Å²) in [7, 11) is 0.